The van der Waals surface area contributed by atoms with Crippen molar-refractivity contribution < 1.29 is 17.9 Å². The number of hydrogen-bond donors (Lipinski definition) is 1. The standard InChI is InChI=1S/C9H11NO4S/c1-6-3-9(15(10,12)13)7(5-11)4-8(6)14-2/h3-5H,1-2H3,(H2,10,12,13). The van der Waals surface area contributed by atoms with Crippen LogP contribution in [0.2, 0.25) is 0 Å². The lowest BCUT2D eigenvalue weighted by Gasteiger charge is -2.08. The van der Waals surface area contributed by atoms with Gasteiger partial charge in [-0.3, -0.25) is 4.79 Å². The van der Waals surface area contributed by atoms with Crippen LogP contribution in [0.15, 0.2) is 17.0 Å². The van der Waals surface area contributed by atoms with Crippen LogP contribution in [0.1, 0.15) is 15.9 Å². The summed E-state index contributed by atoms with van der Waals surface area (Å²) in [5.74, 6) is 0.449. The molecule has 82 valence electrons. The molecule has 0 heterocycles. The number of ether oxygens (including phenoxy) is 1. The molecular weight excluding hydrogens is 218 g/mol. The number of benzene rings is 1. The molecular formula is C9H11NO4S. The maximum absolute atomic E-state index is 11.1. The van der Waals surface area contributed by atoms with Crippen molar-refractivity contribution >= 4 is 16.3 Å². The molecule has 0 bridgehead atoms. The van der Waals surface area contributed by atoms with Gasteiger partial charge in [-0.25, -0.2) is 13.6 Å². The van der Waals surface area contributed by atoms with E-state index in [-0.39, 0.29) is 10.5 Å². The second kappa shape index (κ2) is 4.00. The highest BCUT2D eigenvalue weighted by Crippen LogP contribution is 2.24. The third-order valence-electron chi connectivity index (χ3n) is 1.96. The van der Waals surface area contributed by atoms with Crippen LogP contribution in [0.25, 0.3) is 0 Å². The summed E-state index contributed by atoms with van der Waals surface area (Å²) in [6.07, 6.45) is 0.432. The van der Waals surface area contributed by atoms with E-state index in [4.69, 9.17) is 9.88 Å². The molecule has 0 fully saturated rings. The lowest BCUT2D eigenvalue weighted by atomic mass is 10.1. The Hall–Kier alpha value is -1.40. The molecule has 0 radical (unpaired) electrons. The highest BCUT2D eigenvalue weighted by molar-refractivity contribution is 7.89. The van der Waals surface area contributed by atoms with E-state index in [0.29, 0.717) is 17.6 Å². The van der Waals surface area contributed by atoms with Crippen molar-refractivity contribution in [1.29, 1.82) is 0 Å². The number of methoxy groups -OCH3 is 1. The highest BCUT2D eigenvalue weighted by atomic mass is 32.2. The quantitative estimate of drug-likeness (QED) is 0.763. The molecule has 0 aliphatic rings. The summed E-state index contributed by atoms with van der Waals surface area (Å²) in [6.45, 7) is 1.67. The Kier molecular flexibility index (Phi) is 3.11. The van der Waals surface area contributed by atoms with Crippen molar-refractivity contribution in [3.05, 3.63) is 23.3 Å². The van der Waals surface area contributed by atoms with Crippen LogP contribution in [-0.2, 0) is 10.0 Å². The average Bonchev–Trinajstić information content (AvgIpc) is 2.16. The van der Waals surface area contributed by atoms with Gasteiger partial charge in [0.2, 0.25) is 10.0 Å². The first-order valence-corrected chi connectivity index (χ1v) is 5.61. The topological polar surface area (TPSA) is 86.5 Å². The van der Waals surface area contributed by atoms with Crippen molar-refractivity contribution in [3.8, 4) is 5.75 Å². The zero-order valence-corrected chi connectivity index (χ0v) is 9.17. The van der Waals surface area contributed by atoms with Gasteiger partial charge in [-0.1, -0.05) is 0 Å². The van der Waals surface area contributed by atoms with E-state index >= 15 is 0 Å². The Morgan fingerprint density at radius 3 is 2.40 bits per heavy atom. The lowest BCUT2D eigenvalue weighted by molar-refractivity contribution is 0.112. The van der Waals surface area contributed by atoms with Gasteiger partial charge in [0.15, 0.2) is 6.29 Å². The monoisotopic (exact) mass is 229 g/mol. The van der Waals surface area contributed by atoms with E-state index in [0.717, 1.165) is 0 Å². The SMILES string of the molecule is COc1cc(C=O)c(S(N)(=O)=O)cc1C. The van der Waals surface area contributed by atoms with E-state index < -0.39 is 10.0 Å². The predicted molar refractivity (Wildman–Crippen MR) is 54.5 cm³/mol. The molecule has 0 unspecified atom stereocenters. The van der Waals surface area contributed by atoms with Gasteiger partial charge in [-0.15, -0.1) is 0 Å². The van der Waals surface area contributed by atoms with Gasteiger partial charge in [0, 0.05) is 5.56 Å². The van der Waals surface area contributed by atoms with Gasteiger partial charge in [0.25, 0.3) is 0 Å². The Balaban J connectivity index is 3.55. The zero-order chi connectivity index (χ0) is 11.6. The zero-order valence-electron chi connectivity index (χ0n) is 8.35. The number of rotatable bonds is 3. The fraction of sp³-hybridized carbons (Fsp3) is 0.222. The van der Waals surface area contributed by atoms with Crippen LogP contribution in [0.5, 0.6) is 5.75 Å². The summed E-state index contributed by atoms with van der Waals surface area (Å²) in [6, 6.07) is 2.67. The van der Waals surface area contributed by atoms with Crippen molar-refractivity contribution in [3.63, 3.8) is 0 Å². The van der Waals surface area contributed by atoms with Crippen LogP contribution in [0, 0.1) is 6.92 Å². The third kappa shape index (κ3) is 2.34. The van der Waals surface area contributed by atoms with Crippen LogP contribution in [-0.4, -0.2) is 21.8 Å². The minimum absolute atomic E-state index is 0.0000463. The minimum atomic E-state index is -3.88. The largest absolute Gasteiger partial charge is 0.496 e. The Morgan fingerprint density at radius 2 is 2.00 bits per heavy atom. The molecule has 0 aliphatic heterocycles. The smallest absolute Gasteiger partial charge is 0.238 e. The van der Waals surface area contributed by atoms with Crippen molar-refractivity contribution in [2.24, 2.45) is 5.14 Å². The maximum atomic E-state index is 11.1. The highest BCUT2D eigenvalue weighted by Gasteiger charge is 2.16. The summed E-state index contributed by atoms with van der Waals surface area (Å²) >= 11 is 0. The molecule has 0 amide bonds. The fourth-order valence-corrected chi connectivity index (χ4v) is 2.01. The van der Waals surface area contributed by atoms with Gasteiger partial charge in [0.05, 0.1) is 12.0 Å². The van der Waals surface area contributed by atoms with E-state index in [1.165, 1.54) is 19.2 Å². The molecule has 6 heteroatoms. The second-order valence-corrected chi connectivity index (χ2v) is 4.55. The van der Waals surface area contributed by atoms with E-state index in [1.54, 1.807) is 6.92 Å². The molecule has 0 saturated heterocycles. The number of hydrogen-bond acceptors (Lipinski definition) is 4. The number of sulfonamides is 1. The summed E-state index contributed by atoms with van der Waals surface area (Å²) in [5, 5.41) is 4.97. The molecule has 0 aliphatic carbocycles. The maximum Gasteiger partial charge on any atom is 0.238 e. The van der Waals surface area contributed by atoms with E-state index in [9.17, 15) is 13.2 Å². The van der Waals surface area contributed by atoms with E-state index in [2.05, 4.69) is 0 Å². The molecule has 0 saturated carbocycles. The molecule has 5 nitrogen and oxygen atoms in total. The van der Waals surface area contributed by atoms with Gasteiger partial charge in [0.1, 0.15) is 5.75 Å². The Morgan fingerprint density at radius 1 is 1.40 bits per heavy atom. The first-order chi connectivity index (χ1) is 6.90. The second-order valence-electron chi connectivity index (χ2n) is 3.02. The minimum Gasteiger partial charge on any atom is -0.496 e. The Labute approximate surface area is 87.9 Å². The number of aldehydes is 1. The first-order valence-electron chi connectivity index (χ1n) is 4.06. The van der Waals surface area contributed by atoms with Crippen LogP contribution < -0.4 is 9.88 Å². The number of carbonyl (C=O) groups excluding carboxylic acids is 1. The van der Waals surface area contributed by atoms with Crippen LogP contribution >= 0.6 is 0 Å². The summed E-state index contributed by atoms with van der Waals surface area (Å²) in [7, 11) is -2.44. The molecule has 2 N–H and O–H groups in total. The molecule has 1 rings (SSSR count). The summed E-state index contributed by atoms with van der Waals surface area (Å²) in [4.78, 5) is 10.5. The summed E-state index contributed by atoms with van der Waals surface area (Å²) < 4.78 is 27.2. The normalized spacial score (nSPS) is 11.1. The van der Waals surface area contributed by atoms with Gasteiger partial charge in [-0.05, 0) is 24.6 Å². The van der Waals surface area contributed by atoms with Crippen molar-refractivity contribution in [2.75, 3.05) is 7.11 Å². The fourth-order valence-electron chi connectivity index (χ4n) is 1.24. The molecule has 1 aromatic rings. The van der Waals surface area contributed by atoms with E-state index in [1.807, 2.05) is 0 Å². The predicted octanol–water partition coefficient (Wildman–Crippen LogP) is 0.464. The number of carbonyl (C=O) groups is 1. The molecule has 0 aromatic heterocycles. The number of primary sulfonamides is 1. The molecule has 1 aromatic carbocycles. The summed E-state index contributed by atoms with van der Waals surface area (Å²) in [5.41, 5.74) is 0.604. The van der Waals surface area contributed by atoms with Gasteiger partial charge < -0.3 is 4.74 Å². The third-order valence-corrected chi connectivity index (χ3v) is 2.93. The number of aryl methyl sites for hydroxylation is 1. The molecule has 0 atom stereocenters. The number of nitrogens with two attached hydrogens (primary N) is 1. The average molecular weight is 229 g/mol. The van der Waals surface area contributed by atoms with Crippen molar-refractivity contribution in [2.45, 2.75) is 11.8 Å². The molecule has 0 spiro atoms. The lowest BCUT2D eigenvalue weighted by Crippen LogP contribution is -2.15. The van der Waals surface area contributed by atoms with Crippen LogP contribution in [0.3, 0.4) is 0 Å². The first kappa shape index (κ1) is 11.7. The van der Waals surface area contributed by atoms with Gasteiger partial charge >= 0.3 is 0 Å². The Bertz CT molecular complexity index is 493. The van der Waals surface area contributed by atoms with Crippen LogP contribution in [0.4, 0.5) is 0 Å². The molecule has 15 heavy (non-hydrogen) atoms. The van der Waals surface area contributed by atoms with Crippen molar-refractivity contribution in [1.82, 2.24) is 0 Å². The van der Waals surface area contributed by atoms with Gasteiger partial charge in [-0.2, -0.15) is 0 Å².